The molecule has 3 aromatic carbocycles. The Morgan fingerprint density at radius 3 is 1.93 bits per heavy atom. The predicted octanol–water partition coefficient (Wildman–Crippen LogP) is 6.02. The molecular weight excluding hydrogens is 412 g/mol. The molecule has 0 saturated heterocycles. The quantitative estimate of drug-likeness (QED) is 0.312. The summed E-state index contributed by atoms with van der Waals surface area (Å²) in [7, 11) is 0. The topological polar surface area (TPSA) is 50.2 Å². The molecule has 1 heterocycles. The molecule has 4 nitrogen and oxygen atoms in total. The van der Waals surface area contributed by atoms with E-state index in [2.05, 4.69) is 36.4 Å². The summed E-state index contributed by atoms with van der Waals surface area (Å²) in [6.45, 7) is 0. The van der Waals surface area contributed by atoms with Crippen LogP contribution in [0.2, 0.25) is 0 Å². The number of halogens is 1. The van der Waals surface area contributed by atoms with Gasteiger partial charge in [0.1, 0.15) is 0 Å². The molecule has 28 heavy (non-hydrogen) atoms. The van der Waals surface area contributed by atoms with Gasteiger partial charge in [-0.2, -0.15) is 5.10 Å². The molecule has 1 aromatic heterocycles. The highest BCUT2D eigenvalue weighted by molar-refractivity contribution is 9.10. The zero-order valence-electron chi connectivity index (χ0n) is 15.0. The van der Waals surface area contributed by atoms with Crippen LogP contribution in [-0.2, 0) is 0 Å². The number of anilines is 1. The lowest BCUT2D eigenvalue weighted by atomic mass is 10.1. The van der Waals surface area contributed by atoms with Crippen molar-refractivity contribution < 1.29 is 0 Å². The van der Waals surface area contributed by atoms with E-state index in [0.717, 1.165) is 32.6 Å². The average molecular weight is 429 g/mol. The van der Waals surface area contributed by atoms with Crippen molar-refractivity contribution in [3.05, 3.63) is 101 Å². The highest BCUT2D eigenvalue weighted by Crippen LogP contribution is 2.26. The second kappa shape index (κ2) is 8.59. The van der Waals surface area contributed by atoms with Gasteiger partial charge >= 0.3 is 0 Å². The zero-order chi connectivity index (χ0) is 19.2. The summed E-state index contributed by atoms with van der Waals surface area (Å²) in [6, 6.07) is 30.0. The van der Waals surface area contributed by atoms with E-state index in [0.29, 0.717) is 5.95 Å². The van der Waals surface area contributed by atoms with Crippen LogP contribution in [0.25, 0.3) is 22.5 Å². The molecular formula is C23H17BrN4. The molecule has 0 aliphatic heterocycles. The minimum atomic E-state index is 0.450. The van der Waals surface area contributed by atoms with Gasteiger partial charge in [-0.3, -0.25) is 0 Å². The molecule has 0 aliphatic rings. The van der Waals surface area contributed by atoms with Crippen molar-refractivity contribution in [3.8, 4) is 22.5 Å². The lowest BCUT2D eigenvalue weighted by Gasteiger charge is -2.08. The molecule has 0 bridgehead atoms. The van der Waals surface area contributed by atoms with Crippen LogP contribution in [-0.4, -0.2) is 16.2 Å². The molecule has 4 aromatic rings. The zero-order valence-corrected chi connectivity index (χ0v) is 16.5. The van der Waals surface area contributed by atoms with Gasteiger partial charge in [0.2, 0.25) is 5.95 Å². The van der Waals surface area contributed by atoms with E-state index >= 15 is 0 Å². The van der Waals surface area contributed by atoms with Crippen LogP contribution < -0.4 is 5.43 Å². The fraction of sp³-hybridized carbons (Fsp3) is 0. The van der Waals surface area contributed by atoms with Crippen molar-refractivity contribution in [2.24, 2.45) is 5.10 Å². The number of hydrogen-bond acceptors (Lipinski definition) is 4. The number of rotatable bonds is 5. The van der Waals surface area contributed by atoms with Gasteiger partial charge in [-0.15, -0.1) is 0 Å². The van der Waals surface area contributed by atoms with Gasteiger partial charge in [0, 0.05) is 15.6 Å². The molecule has 0 aliphatic carbocycles. The molecule has 0 atom stereocenters. The normalized spacial score (nSPS) is 10.9. The Morgan fingerprint density at radius 2 is 1.29 bits per heavy atom. The third kappa shape index (κ3) is 4.50. The first-order chi connectivity index (χ1) is 13.8. The third-order valence-electron chi connectivity index (χ3n) is 4.11. The lowest BCUT2D eigenvalue weighted by Crippen LogP contribution is -2.00. The van der Waals surface area contributed by atoms with Gasteiger partial charge in [0.15, 0.2) is 0 Å². The highest BCUT2D eigenvalue weighted by Gasteiger charge is 2.08. The number of nitrogens with zero attached hydrogens (tertiary/aromatic N) is 3. The first-order valence-corrected chi connectivity index (χ1v) is 9.62. The molecule has 0 spiro atoms. The summed E-state index contributed by atoms with van der Waals surface area (Å²) in [4.78, 5) is 9.27. The second-order valence-corrected chi connectivity index (χ2v) is 7.03. The SMILES string of the molecule is Brc1ccc(-c2cc(-c3ccccc3)nc(N/N=C/c3ccccc3)n2)cc1. The van der Waals surface area contributed by atoms with E-state index in [1.165, 1.54) is 0 Å². The fourth-order valence-corrected chi connectivity index (χ4v) is 2.99. The van der Waals surface area contributed by atoms with Crippen molar-refractivity contribution in [1.29, 1.82) is 0 Å². The molecule has 136 valence electrons. The number of benzene rings is 3. The fourth-order valence-electron chi connectivity index (χ4n) is 2.73. The van der Waals surface area contributed by atoms with E-state index in [9.17, 15) is 0 Å². The average Bonchev–Trinajstić information content (AvgIpc) is 2.75. The minimum absolute atomic E-state index is 0.450. The van der Waals surface area contributed by atoms with Crippen LogP contribution >= 0.6 is 15.9 Å². The molecule has 0 fully saturated rings. The van der Waals surface area contributed by atoms with Crippen molar-refractivity contribution in [1.82, 2.24) is 9.97 Å². The third-order valence-corrected chi connectivity index (χ3v) is 4.64. The van der Waals surface area contributed by atoms with Crippen LogP contribution in [0, 0.1) is 0 Å². The van der Waals surface area contributed by atoms with Crippen LogP contribution in [0.3, 0.4) is 0 Å². The Bertz CT molecular complexity index is 1080. The molecule has 0 amide bonds. The maximum absolute atomic E-state index is 4.64. The number of hydrazone groups is 1. The van der Waals surface area contributed by atoms with Gasteiger partial charge in [-0.1, -0.05) is 88.7 Å². The lowest BCUT2D eigenvalue weighted by molar-refractivity contribution is 1.13. The van der Waals surface area contributed by atoms with Crippen LogP contribution in [0.15, 0.2) is 101 Å². The Labute approximate surface area is 172 Å². The van der Waals surface area contributed by atoms with Gasteiger partial charge in [-0.25, -0.2) is 15.4 Å². The predicted molar refractivity (Wildman–Crippen MR) is 118 cm³/mol. The first-order valence-electron chi connectivity index (χ1n) is 8.82. The van der Waals surface area contributed by atoms with Crippen molar-refractivity contribution in [3.63, 3.8) is 0 Å². The van der Waals surface area contributed by atoms with Gasteiger partial charge in [0.05, 0.1) is 17.6 Å². The summed E-state index contributed by atoms with van der Waals surface area (Å²) in [6.07, 6.45) is 1.75. The summed E-state index contributed by atoms with van der Waals surface area (Å²) < 4.78 is 1.03. The molecule has 4 rings (SSSR count). The molecule has 0 saturated carbocycles. The molecule has 0 radical (unpaired) electrons. The molecule has 5 heteroatoms. The van der Waals surface area contributed by atoms with Gasteiger partial charge in [-0.05, 0) is 23.8 Å². The molecule has 0 unspecified atom stereocenters. The first kappa shape index (κ1) is 18.1. The van der Waals surface area contributed by atoms with E-state index < -0.39 is 0 Å². The Hall–Kier alpha value is -3.31. The van der Waals surface area contributed by atoms with Crippen LogP contribution in [0.1, 0.15) is 5.56 Å². The van der Waals surface area contributed by atoms with Crippen LogP contribution in [0.4, 0.5) is 5.95 Å². The maximum Gasteiger partial charge on any atom is 0.244 e. The standard InChI is InChI=1S/C23H17BrN4/c24-20-13-11-19(12-14-20)22-15-21(18-9-5-2-6-10-18)26-23(27-22)28-25-16-17-7-3-1-4-8-17/h1-16H,(H,26,27,28)/b25-16+. The number of nitrogens with one attached hydrogen (secondary N) is 1. The summed E-state index contributed by atoms with van der Waals surface area (Å²) in [5.74, 6) is 0.450. The Morgan fingerprint density at radius 1 is 0.714 bits per heavy atom. The van der Waals surface area contributed by atoms with Crippen molar-refractivity contribution >= 4 is 28.1 Å². The number of aromatic nitrogens is 2. The Kier molecular flexibility index (Phi) is 5.54. The van der Waals surface area contributed by atoms with E-state index in [1.54, 1.807) is 6.21 Å². The second-order valence-electron chi connectivity index (χ2n) is 6.12. The summed E-state index contributed by atoms with van der Waals surface area (Å²) in [5.41, 5.74) is 7.67. The Balaban J connectivity index is 1.69. The summed E-state index contributed by atoms with van der Waals surface area (Å²) >= 11 is 3.48. The minimum Gasteiger partial charge on any atom is -0.245 e. The smallest absolute Gasteiger partial charge is 0.244 e. The van der Waals surface area contributed by atoms with E-state index in [-0.39, 0.29) is 0 Å². The monoisotopic (exact) mass is 428 g/mol. The van der Waals surface area contributed by atoms with E-state index in [4.69, 9.17) is 0 Å². The molecule has 1 N–H and O–H groups in total. The highest BCUT2D eigenvalue weighted by atomic mass is 79.9. The van der Waals surface area contributed by atoms with Gasteiger partial charge < -0.3 is 0 Å². The van der Waals surface area contributed by atoms with Gasteiger partial charge in [0.25, 0.3) is 0 Å². The maximum atomic E-state index is 4.64. The summed E-state index contributed by atoms with van der Waals surface area (Å²) in [5, 5.41) is 4.29. The van der Waals surface area contributed by atoms with Crippen molar-refractivity contribution in [2.45, 2.75) is 0 Å². The largest absolute Gasteiger partial charge is 0.245 e. The van der Waals surface area contributed by atoms with Crippen LogP contribution in [0.5, 0.6) is 0 Å². The van der Waals surface area contributed by atoms with Crippen molar-refractivity contribution in [2.75, 3.05) is 5.43 Å². The van der Waals surface area contributed by atoms with E-state index in [1.807, 2.05) is 91.0 Å². The number of hydrogen-bond donors (Lipinski definition) is 1.